The predicted octanol–water partition coefficient (Wildman–Crippen LogP) is 4.42. The first-order chi connectivity index (χ1) is 15.1. The number of carbonyl (C=O) groups excluding carboxylic acids is 1. The van der Waals surface area contributed by atoms with Crippen LogP contribution in [0.3, 0.4) is 0 Å². The summed E-state index contributed by atoms with van der Waals surface area (Å²) in [7, 11) is 0. The lowest BCUT2D eigenvalue weighted by Crippen LogP contribution is -2.36. The number of halogens is 1. The summed E-state index contributed by atoms with van der Waals surface area (Å²) in [6.45, 7) is 0.452. The Labute approximate surface area is 187 Å². The summed E-state index contributed by atoms with van der Waals surface area (Å²) in [6, 6.07) is 16.9. The number of para-hydroxylation sites is 1. The molecule has 1 amide bonds. The van der Waals surface area contributed by atoms with E-state index in [2.05, 4.69) is 10.3 Å². The van der Waals surface area contributed by atoms with Crippen LogP contribution in [0.1, 0.15) is 18.0 Å². The highest BCUT2D eigenvalue weighted by Crippen LogP contribution is 2.32. The lowest BCUT2D eigenvalue weighted by atomic mass is 10.0. The molecule has 0 aliphatic carbocycles. The number of hydrogen-bond acceptors (Lipinski definition) is 5. The standard InChI is InChI=1S/C23H18ClN3O3S/c24-15-7-5-14(6-8-15)20-11-18-22(31-20)23(29)27(13-25-18)12-21(28)26-17-9-10-30-19-4-2-1-3-16(17)19/h1-8,11,13,17H,9-10,12H2,(H,26,28). The number of ether oxygens (including phenoxy) is 1. The molecule has 4 aromatic rings. The van der Waals surface area contributed by atoms with Crippen molar-refractivity contribution in [2.24, 2.45) is 0 Å². The Kier molecular flexibility index (Phi) is 5.21. The van der Waals surface area contributed by atoms with Crippen LogP contribution in [0.25, 0.3) is 20.7 Å². The van der Waals surface area contributed by atoms with Crippen molar-refractivity contribution in [2.75, 3.05) is 6.61 Å². The van der Waals surface area contributed by atoms with E-state index in [9.17, 15) is 9.59 Å². The molecule has 1 N–H and O–H groups in total. The Morgan fingerprint density at radius 3 is 2.87 bits per heavy atom. The van der Waals surface area contributed by atoms with Crippen LogP contribution in [-0.4, -0.2) is 22.1 Å². The van der Waals surface area contributed by atoms with Gasteiger partial charge in [0.1, 0.15) is 17.0 Å². The molecule has 2 aromatic heterocycles. The van der Waals surface area contributed by atoms with E-state index in [1.54, 1.807) is 0 Å². The van der Waals surface area contributed by atoms with Crippen LogP contribution < -0.4 is 15.6 Å². The Bertz CT molecular complexity index is 1330. The van der Waals surface area contributed by atoms with E-state index in [-0.39, 0.29) is 24.1 Å². The number of rotatable bonds is 4. The highest BCUT2D eigenvalue weighted by Gasteiger charge is 2.23. The van der Waals surface area contributed by atoms with Gasteiger partial charge in [0, 0.05) is 21.9 Å². The van der Waals surface area contributed by atoms with Crippen molar-refractivity contribution in [1.29, 1.82) is 0 Å². The number of hydrogen-bond donors (Lipinski definition) is 1. The van der Waals surface area contributed by atoms with Crippen molar-refractivity contribution in [2.45, 2.75) is 19.0 Å². The molecule has 1 atom stereocenters. The molecule has 2 aromatic carbocycles. The molecule has 1 aliphatic rings. The van der Waals surface area contributed by atoms with Gasteiger partial charge in [-0.3, -0.25) is 14.2 Å². The molecule has 0 bridgehead atoms. The third-order valence-electron chi connectivity index (χ3n) is 5.24. The topological polar surface area (TPSA) is 73.2 Å². The van der Waals surface area contributed by atoms with Crippen LogP contribution in [0.2, 0.25) is 5.02 Å². The molecule has 156 valence electrons. The van der Waals surface area contributed by atoms with Gasteiger partial charge >= 0.3 is 0 Å². The highest BCUT2D eigenvalue weighted by atomic mass is 35.5. The van der Waals surface area contributed by atoms with Crippen LogP contribution in [0.5, 0.6) is 5.75 Å². The smallest absolute Gasteiger partial charge is 0.271 e. The van der Waals surface area contributed by atoms with Gasteiger partial charge < -0.3 is 10.1 Å². The zero-order valence-electron chi connectivity index (χ0n) is 16.4. The van der Waals surface area contributed by atoms with E-state index in [0.717, 1.165) is 21.8 Å². The molecule has 0 saturated heterocycles. The van der Waals surface area contributed by atoms with Crippen molar-refractivity contribution < 1.29 is 9.53 Å². The molecule has 1 unspecified atom stereocenters. The number of carbonyl (C=O) groups is 1. The number of amides is 1. The van der Waals surface area contributed by atoms with Gasteiger partial charge in [0.15, 0.2) is 0 Å². The molecule has 0 fully saturated rings. The molecular weight excluding hydrogens is 434 g/mol. The Balaban J connectivity index is 1.37. The van der Waals surface area contributed by atoms with Gasteiger partial charge in [0.2, 0.25) is 5.91 Å². The Morgan fingerprint density at radius 1 is 1.23 bits per heavy atom. The second-order valence-electron chi connectivity index (χ2n) is 7.30. The molecule has 31 heavy (non-hydrogen) atoms. The Hall–Kier alpha value is -3.16. The molecular formula is C23H18ClN3O3S. The van der Waals surface area contributed by atoms with Crippen LogP contribution in [0.15, 0.2) is 65.7 Å². The molecule has 0 radical (unpaired) electrons. The monoisotopic (exact) mass is 451 g/mol. The lowest BCUT2D eigenvalue weighted by Gasteiger charge is -2.26. The number of aromatic nitrogens is 2. The van der Waals surface area contributed by atoms with Crippen LogP contribution in [0.4, 0.5) is 0 Å². The summed E-state index contributed by atoms with van der Waals surface area (Å²) >= 11 is 7.33. The van der Waals surface area contributed by atoms with Crippen molar-refractivity contribution in [1.82, 2.24) is 14.9 Å². The molecule has 8 heteroatoms. The maximum Gasteiger partial charge on any atom is 0.271 e. The summed E-state index contributed by atoms with van der Waals surface area (Å²) in [4.78, 5) is 31.0. The van der Waals surface area contributed by atoms with Gasteiger partial charge in [-0.05, 0) is 29.8 Å². The molecule has 1 aliphatic heterocycles. The maximum absolute atomic E-state index is 13.0. The van der Waals surface area contributed by atoms with Crippen molar-refractivity contribution in [3.63, 3.8) is 0 Å². The van der Waals surface area contributed by atoms with Crippen LogP contribution in [0, 0.1) is 0 Å². The maximum atomic E-state index is 13.0. The second kappa shape index (κ2) is 8.17. The zero-order chi connectivity index (χ0) is 21.4. The minimum atomic E-state index is -0.237. The van der Waals surface area contributed by atoms with Crippen molar-refractivity contribution >= 4 is 39.1 Å². The SMILES string of the molecule is O=C(Cn1cnc2cc(-c3ccc(Cl)cc3)sc2c1=O)NC1CCOc2ccccc21. The summed E-state index contributed by atoms with van der Waals surface area (Å²) in [5.41, 5.74) is 2.32. The first-order valence-electron chi connectivity index (χ1n) is 9.84. The first kappa shape index (κ1) is 19.8. The number of nitrogens with zero attached hydrogens (tertiary/aromatic N) is 2. The number of fused-ring (bicyclic) bond motifs is 2. The summed E-state index contributed by atoms with van der Waals surface area (Å²) in [5.74, 6) is 0.548. The van der Waals surface area contributed by atoms with Gasteiger partial charge in [-0.1, -0.05) is 41.9 Å². The normalized spacial score (nSPS) is 15.3. The van der Waals surface area contributed by atoms with Crippen molar-refractivity contribution in [3.05, 3.63) is 81.9 Å². The third-order valence-corrected chi connectivity index (χ3v) is 6.65. The van der Waals surface area contributed by atoms with Gasteiger partial charge in [0.25, 0.3) is 5.56 Å². The second-order valence-corrected chi connectivity index (χ2v) is 8.79. The third kappa shape index (κ3) is 3.94. The molecule has 0 saturated carbocycles. The van der Waals surface area contributed by atoms with E-state index in [1.165, 1.54) is 22.2 Å². The fourth-order valence-corrected chi connectivity index (χ4v) is 4.89. The van der Waals surface area contributed by atoms with Crippen LogP contribution >= 0.6 is 22.9 Å². The quantitative estimate of drug-likeness (QED) is 0.498. The number of thiophene rings is 1. The first-order valence-corrected chi connectivity index (χ1v) is 11.0. The molecule has 6 nitrogen and oxygen atoms in total. The predicted molar refractivity (Wildman–Crippen MR) is 122 cm³/mol. The average Bonchev–Trinajstić information content (AvgIpc) is 3.22. The molecule has 5 rings (SSSR count). The highest BCUT2D eigenvalue weighted by molar-refractivity contribution is 7.22. The largest absolute Gasteiger partial charge is 0.493 e. The van der Waals surface area contributed by atoms with Crippen molar-refractivity contribution in [3.8, 4) is 16.2 Å². The van der Waals surface area contributed by atoms with Gasteiger partial charge in [-0.15, -0.1) is 11.3 Å². The number of benzene rings is 2. The van der Waals surface area contributed by atoms with E-state index in [0.29, 0.717) is 28.3 Å². The summed E-state index contributed by atoms with van der Waals surface area (Å²) in [6.07, 6.45) is 2.12. The van der Waals surface area contributed by atoms with Crippen LogP contribution in [-0.2, 0) is 11.3 Å². The van der Waals surface area contributed by atoms with E-state index in [1.807, 2.05) is 54.6 Å². The number of nitrogens with one attached hydrogen (secondary N) is 1. The van der Waals surface area contributed by atoms with E-state index >= 15 is 0 Å². The zero-order valence-corrected chi connectivity index (χ0v) is 17.9. The minimum Gasteiger partial charge on any atom is -0.493 e. The Morgan fingerprint density at radius 2 is 2.03 bits per heavy atom. The fraction of sp³-hybridized carbons (Fsp3) is 0.174. The summed E-state index contributed by atoms with van der Waals surface area (Å²) in [5, 5.41) is 3.68. The van der Waals surface area contributed by atoms with Gasteiger partial charge in [0.05, 0.1) is 24.5 Å². The lowest BCUT2D eigenvalue weighted by molar-refractivity contribution is -0.122. The minimum absolute atomic E-state index is 0.0878. The molecule has 0 spiro atoms. The fourth-order valence-electron chi connectivity index (χ4n) is 3.70. The average molecular weight is 452 g/mol. The summed E-state index contributed by atoms with van der Waals surface area (Å²) < 4.78 is 7.52. The van der Waals surface area contributed by atoms with Gasteiger partial charge in [-0.2, -0.15) is 0 Å². The van der Waals surface area contributed by atoms with E-state index in [4.69, 9.17) is 16.3 Å². The van der Waals surface area contributed by atoms with E-state index < -0.39 is 0 Å². The molecule has 3 heterocycles. The van der Waals surface area contributed by atoms with Gasteiger partial charge in [-0.25, -0.2) is 4.98 Å².